The van der Waals surface area contributed by atoms with Gasteiger partial charge in [-0.2, -0.15) is 0 Å². The molecule has 2 saturated heterocycles. The third-order valence-electron chi connectivity index (χ3n) is 4.36. The van der Waals surface area contributed by atoms with Crippen LogP contribution in [0.25, 0.3) is 0 Å². The summed E-state index contributed by atoms with van der Waals surface area (Å²) in [5.74, 6) is 1.81. The molecular formula is C15H22N2. The van der Waals surface area contributed by atoms with E-state index >= 15 is 0 Å². The first-order valence-electron chi connectivity index (χ1n) is 6.71. The zero-order chi connectivity index (χ0) is 11.8. The first kappa shape index (κ1) is 11.2. The average Bonchev–Trinajstić information content (AvgIpc) is 2.82. The van der Waals surface area contributed by atoms with Crippen molar-refractivity contribution in [2.24, 2.45) is 11.8 Å². The number of nitrogens with one attached hydrogen (secondary N) is 1. The van der Waals surface area contributed by atoms with Crippen LogP contribution in [-0.2, 0) is 6.54 Å². The highest BCUT2D eigenvalue weighted by atomic mass is 15.2. The highest BCUT2D eigenvalue weighted by Gasteiger charge is 2.35. The van der Waals surface area contributed by atoms with Gasteiger partial charge in [-0.25, -0.2) is 0 Å². The van der Waals surface area contributed by atoms with E-state index in [1.807, 2.05) is 0 Å². The highest BCUT2D eigenvalue weighted by Crippen LogP contribution is 2.27. The van der Waals surface area contributed by atoms with Crippen LogP contribution in [0.2, 0.25) is 0 Å². The van der Waals surface area contributed by atoms with Crippen molar-refractivity contribution < 1.29 is 0 Å². The van der Waals surface area contributed by atoms with Crippen molar-refractivity contribution in [1.82, 2.24) is 10.2 Å². The number of fused-ring (bicyclic) bond motifs is 1. The number of nitrogens with zero attached hydrogens (tertiary/aromatic N) is 1. The lowest BCUT2D eigenvalue weighted by molar-refractivity contribution is 0.305. The molecule has 0 bridgehead atoms. The zero-order valence-electron chi connectivity index (χ0n) is 10.9. The van der Waals surface area contributed by atoms with Crippen molar-refractivity contribution in [3.8, 4) is 0 Å². The summed E-state index contributed by atoms with van der Waals surface area (Å²) in [5.41, 5.74) is 4.32. The Labute approximate surface area is 104 Å². The molecule has 0 unspecified atom stereocenters. The summed E-state index contributed by atoms with van der Waals surface area (Å²) < 4.78 is 0. The standard InChI is InChI=1S/C15H22N2/c1-11-3-4-13(12(2)5-11)8-17-9-14-6-16-7-15(14)10-17/h3-5,14-16H,6-10H2,1-2H3/t14-,15+. The van der Waals surface area contributed by atoms with Crippen LogP contribution in [0, 0.1) is 25.7 Å². The lowest BCUT2D eigenvalue weighted by Crippen LogP contribution is -2.25. The molecule has 3 rings (SSSR count). The van der Waals surface area contributed by atoms with E-state index in [2.05, 4.69) is 42.3 Å². The quantitative estimate of drug-likeness (QED) is 0.835. The molecule has 2 fully saturated rings. The van der Waals surface area contributed by atoms with Gasteiger partial charge < -0.3 is 5.32 Å². The monoisotopic (exact) mass is 230 g/mol. The van der Waals surface area contributed by atoms with Gasteiger partial charge in [0.2, 0.25) is 0 Å². The van der Waals surface area contributed by atoms with Gasteiger partial charge in [-0.3, -0.25) is 4.90 Å². The molecule has 0 spiro atoms. The maximum absolute atomic E-state index is 3.50. The Bertz CT molecular complexity index is 401. The van der Waals surface area contributed by atoms with E-state index in [4.69, 9.17) is 0 Å². The number of aryl methyl sites for hydroxylation is 2. The van der Waals surface area contributed by atoms with E-state index in [-0.39, 0.29) is 0 Å². The van der Waals surface area contributed by atoms with Crippen LogP contribution in [0.1, 0.15) is 16.7 Å². The predicted molar refractivity (Wildman–Crippen MR) is 71.0 cm³/mol. The number of hydrogen-bond donors (Lipinski definition) is 1. The van der Waals surface area contributed by atoms with Gasteiger partial charge in [-0.15, -0.1) is 0 Å². The third-order valence-corrected chi connectivity index (χ3v) is 4.36. The van der Waals surface area contributed by atoms with Crippen molar-refractivity contribution in [1.29, 1.82) is 0 Å². The summed E-state index contributed by atoms with van der Waals surface area (Å²) in [7, 11) is 0. The maximum atomic E-state index is 3.50. The normalized spacial score (nSPS) is 28.6. The molecule has 0 radical (unpaired) electrons. The van der Waals surface area contributed by atoms with Gasteiger partial charge in [0.15, 0.2) is 0 Å². The predicted octanol–water partition coefficient (Wildman–Crippen LogP) is 1.95. The van der Waals surface area contributed by atoms with Crippen LogP contribution in [0.3, 0.4) is 0 Å². The van der Waals surface area contributed by atoms with E-state index in [0.717, 1.165) is 18.4 Å². The molecule has 2 atom stereocenters. The van der Waals surface area contributed by atoms with Gasteiger partial charge in [0.1, 0.15) is 0 Å². The number of benzene rings is 1. The Hall–Kier alpha value is -0.860. The minimum Gasteiger partial charge on any atom is -0.316 e. The van der Waals surface area contributed by atoms with Crippen LogP contribution >= 0.6 is 0 Å². The average molecular weight is 230 g/mol. The Morgan fingerprint density at radius 1 is 1.18 bits per heavy atom. The molecular weight excluding hydrogens is 208 g/mol. The van der Waals surface area contributed by atoms with Crippen LogP contribution in [0.5, 0.6) is 0 Å². The van der Waals surface area contributed by atoms with Gasteiger partial charge in [-0.1, -0.05) is 23.8 Å². The zero-order valence-corrected chi connectivity index (χ0v) is 10.9. The van der Waals surface area contributed by atoms with E-state index in [1.54, 1.807) is 0 Å². The van der Waals surface area contributed by atoms with Gasteiger partial charge in [0, 0.05) is 19.6 Å². The van der Waals surface area contributed by atoms with Gasteiger partial charge in [0.05, 0.1) is 0 Å². The second-order valence-corrected chi connectivity index (χ2v) is 5.80. The molecule has 92 valence electrons. The topological polar surface area (TPSA) is 15.3 Å². The highest BCUT2D eigenvalue weighted by molar-refractivity contribution is 5.30. The first-order valence-corrected chi connectivity index (χ1v) is 6.71. The Kier molecular flexibility index (Phi) is 2.93. The summed E-state index contributed by atoms with van der Waals surface area (Å²) in [4.78, 5) is 2.63. The lowest BCUT2D eigenvalue weighted by Gasteiger charge is -2.18. The van der Waals surface area contributed by atoms with Crippen LogP contribution < -0.4 is 5.32 Å². The molecule has 17 heavy (non-hydrogen) atoms. The van der Waals surface area contributed by atoms with Gasteiger partial charge in [0.25, 0.3) is 0 Å². The van der Waals surface area contributed by atoms with Crippen molar-refractivity contribution in [2.45, 2.75) is 20.4 Å². The molecule has 2 heteroatoms. The molecule has 2 nitrogen and oxygen atoms in total. The fraction of sp³-hybridized carbons (Fsp3) is 0.600. The third kappa shape index (κ3) is 2.24. The fourth-order valence-electron chi connectivity index (χ4n) is 3.35. The number of likely N-dealkylation sites (tertiary alicyclic amines) is 1. The summed E-state index contributed by atoms with van der Waals surface area (Å²) >= 11 is 0. The van der Waals surface area contributed by atoms with Crippen molar-refractivity contribution in [3.05, 3.63) is 34.9 Å². The largest absolute Gasteiger partial charge is 0.316 e. The second kappa shape index (κ2) is 4.43. The van der Waals surface area contributed by atoms with E-state index in [1.165, 1.54) is 42.9 Å². The van der Waals surface area contributed by atoms with Crippen LogP contribution in [0.4, 0.5) is 0 Å². The van der Waals surface area contributed by atoms with Gasteiger partial charge >= 0.3 is 0 Å². The number of hydrogen-bond acceptors (Lipinski definition) is 2. The van der Waals surface area contributed by atoms with E-state index in [0.29, 0.717) is 0 Å². The molecule has 0 aliphatic carbocycles. The molecule has 0 amide bonds. The molecule has 2 aliphatic rings. The lowest BCUT2D eigenvalue weighted by atomic mass is 10.0. The second-order valence-electron chi connectivity index (χ2n) is 5.80. The minimum atomic E-state index is 0.903. The SMILES string of the molecule is Cc1ccc(CN2C[C@H]3CNC[C@H]3C2)c(C)c1. The summed E-state index contributed by atoms with van der Waals surface area (Å²) in [6, 6.07) is 6.84. The molecule has 1 aromatic rings. The van der Waals surface area contributed by atoms with Gasteiger partial charge in [-0.05, 0) is 49.9 Å². The molecule has 2 aliphatic heterocycles. The fourth-order valence-corrected chi connectivity index (χ4v) is 3.35. The van der Waals surface area contributed by atoms with Crippen LogP contribution in [-0.4, -0.2) is 31.1 Å². The van der Waals surface area contributed by atoms with Crippen molar-refractivity contribution in [3.63, 3.8) is 0 Å². The summed E-state index contributed by atoms with van der Waals surface area (Å²) in [6.45, 7) is 10.6. The summed E-state index contributed by atoms with van der Waals surface area (Å²) in [6.07, 6.45) is 0. The molecule has 2 heterocycles. The van der Waals surface area contributed by atoms with Crippen molar-refractivity contribution >= 4 is 0 Å². The first-order chi connectivity index (χ1) is 8.22. The molecule has 1 N–H and O–H groups in total. The molecule has 0 aromatic heterocycles. The Morgan fingerprint density at radius 2 is 1.88 bits per heavy atom. The molecule has 1 aromatic carbocycles. The van der Waals surface area contributed by atoms with E-state index < -0.39 is 0 Å². The summed E-state index contributed by atoms with van der Waals surface area (Å²) in [5, 5.41) is 3.50. The Balaban J connectivity index is 1.67. The maximum Gasteiger partial charge on any atom is 0.0236 e. The van der Waals surface area contributed by atoms with E-state index in [9.17, 15) is 0 Å². The number of rotatable bonds is 2. The smallest absolute Gasteiger partial charge is 0.0236 e. The minimum absolute atomic E-state index is 0.903. The Morgan fingerprint density at radius 3 is 2.53 bits per heavy atom. The van der Waals surface area contributed by atoms with Crippen LogP contribution in [0.15, 0.2) is 18.2 Å². The molecule has 0 saturated carbocycles. The van der Waals surface area contributed by atoms with Crippen molar-refractivity contribution in [2.75, 3.05) is 26.2 Å².